The topological polar surface area (TPSA) is 107 Å². The van der Waals surface area contributed by atoms with Gasteiger partial charge in [-0.15, -0.1) is 0 Å². The summed E-state index contributed by atoms with van der Waals surface area (Å²) < 4.78 is 108. The van der Waals surface area contributed by atoms with Crippen LogP contribution in [0.2, 0.25) is 5.02 Å². The Morgan fingerprint density at radius 2 is 1.85 bits per heavy atom. The van der Waals surface area contributed by atoms with Crippen molar-refractivity contribution in [3.05, 3.63) is 81.4 Å². The van der Waals surface area contributed by atoms with Gasteiger partial charge in [0, 0.05) is 42.0 Å². The van der Waals surface area contributed by atoms with Crippen molar-refractivity contribution in [2.24, 2.45) is 0 Å². The van der Waals surface area contributed by atoms with Crippen LogP contribution in [0.25, 0.3) is 22.6 Å². The molecule has 1 N–H and O–H groups in total. The van der Waals surface area contributed by atoms with Crippen LogP contribution < -0.4 is 4.74 Å². The number of hydrogen-bond donors (Lipinski definition) is 1. The van der Waals surface area contributed by atoms with E-state index in [4.69, 9.17) is 26.1 Å². The molecular weight excluding hydrogens is 673 g/mol. The van der Waals surface area contributed by atoms with Gasteiger partial charge in [-0.1, -0.05) is 17.7 Å². The molecule has 0 spiro atoms. The number of pyridine rings is 2. The highest BCUT2D eigenvalue weighted by Gasteiger charge is 2.38. The van der Waals surface area contributed by atoms with Crippen molar-refractivity contribution in [2.45, 2.75) is 57.5 Å². The normalized spacial score (nSPS) is 17.0. The zero-order chi connectivity index (χ0) is 33.8. The van der Waals surface area contributed by atoms with Gasteiger partial charge >= 0.3 is 12.4 Å². The first-order valence-electron chi connectivity index (χ1n) is 14.7. The van der Waals surface area contributed by atoms with Gasteiger partial charge in [-0.05, 0) is 42.7 Å². The fourth-order valence-electron chi connectivity index (χ4n) is 5.57. The number of nitrogens with one attached hydrogen (secondary N) is 1. The van der Waals surface area contributed by atoms with Crippen LogP contribution in [0.15, 0.2) is 36.5 Å². The minimum Gasteiger partial charge on any atom is -0.472 e. The zero-order valence-corrected chi connectivity index (χ0v) is 25.4. The predicted octanol–water partition coefficient (Wildman–Crippen LogP) is 6.37. The second-order valence-electron chi connectivity index (χ2n) is 11.4. The first-order chi connectivity index (χ1) is 22.8. The first-order valence-corrected chi connectivity index (χ1v) is 15.1. The number of imidazole rings is 1. The van der Waals surface area contributed by atoms with Crippen molar-refractivity contribution in [3.8, 4) is 17.3 Å². The summed E-state index contributed by atoms with van der Waals surface area (Å²) in [7, 11) is 0. The van der Waals surface area contributed by atoms with Crippen molar-refractivity contribution < 1.29 is 40.2 Å². The summed E-state index contributed by atoms with van der Waals surface area (Å²) in [4.78, 5) is 18.9. The fourth-order valence-corrected chi connectivity index (χ4v) is 5.73. The quantitative estimate of drug-likeness (QED) is 0.187. The molecule has 10 nitrogen and oxygen atoms in total. The van der Waals surface area contributed by atoms with E-state index in [1.165, 1.54) is 18.3 Å². The molecule has 2 aliphatic heterocycles. The molecule has 18 heteroatoms. The monoisotopic (exact) mass is 696 g/mol. The van der Waals surface area contributed by atoms with Gasteiger partial charge in [-0.3, -0.25) is 10.00 Å². The lowest BCUT2D eigenvalue weighted by atomic mass is 10.0. The van der Waals surface area contributed by atoms with E-state index in [9.17, 15) is 30.7 Å². The SMILES string of the molecule is Fc1cc(Cl)ccc1COc1nc2c(cc1C(F)(F)F)CCN(Cc1nc3cc(-c4n[nH]c(C(F)(F)F)n4)cnc3n1C[C@@H]1CCO1)C2. The molecule has 0 aliphatic carbocycles. The second-order valence-corrected chi connectivity index (χ2v) is 11.9. The molecule has 48 heavy (non-hydrogen) atoms. The molecule has 1 saturated heterocycles. The van der Waals surface area contributed by atoms with Gasteiger partial charge in [0.15, 0.2) is 11.5 Å². The van der Waals surface area contributed by atoms with E-state index in [2.05, 4.69) is 20.1 Å². The summed E-state index contributed by atoms with van der Waals surface area (Å²) in [6.45, 7) is 1.36. The number of H-pyrrole nitrogens is 1. The van der Waals surface area contributed by atoms with E-state index in [0.717, 1.165) is 18.6 Å². The molecular formula is C30H24ClF7N8O2. The number of hydrogen-bond acceptors (Lipinski definition) is 8. The number of alkyl halides is 6. The van der Waals surface area contributed by atoms with Crippen LogP contribution in [0.3, 0.4) is 0 Å². The largest absolute Gasteiger partial charge is 0.472 e. The van der Waals surface area contributed by atoms with Crippen LogP contribution in [0, 0.1) is 5.82 Å². The van der Waals surface area contributed by atoms with Gasteiger partial charge in [0.1, 0.15) is 29.3 Å². The number of aromatic amines is 1. The number of benzene rings is 1. The molecule has 2 aliphatic rings. The summed E-state index contributed by atoms with van der Waals surface area (Å²) in [6, 6.07) is 6.35. The average Bonchev–Trinajstić information content (AvgIpc) is 3.63. The van der Waals surface area contributed by atoms with Crippen molar-refractivity contribution in [1.82, 2.24) is 39.6 Å². The van der Waals surface area contributed by atoms with E-state index in [0.29, 0.717) is 47.9 Å². The molecule has 0 radical (unpaired) electrons. The fraction of sp³-hybridized carbons (Fsp3) is 0.367. The molecule has 252 valence electrons. The standard InChI is InChI=1S/C30H24ClF7N8O2/c31-18-2-1-16(21(32)9-18)14-48-27-20(29(33,34)35)7-15-3-5-45(12-23(15)41-27)13-24-40-22-8-17(25-42-28(44-43-25)30(36,37)38)10-39-26(22)46(24)11-19-4-6-47-19/h1-2,7-10,19H,3-6,11-14H2,(H,42,43,44)/t19-/m0/s1. The minimum atomic E-state index is -4.76. The number of aromatic nitrogens is 7. The third kappa shape index (κ3) is 6.53. The summed E-state index contributed by atoms with van der Waals surface area (Å²) in [5.74, 6) is -2.24. The van der Waals surface area contributed by atoms with E-state index < -0.39 is 42.0 Å². The van der Waals surface area contributed by atoms with E-state index >= 15 is 0 Å². The van der Waals surface area contributed by atoms with Gasteiger partial charge in [0.05, 0.1) is 24.9 Å². The smallest absolute Gasteiger partial charge is 0.451 e. The Bertz CT molecular complexity index is 1990. The second kappa shape index (κ2) is 12.3. The van der Waals surface area contributed by atoms with Gasteiger partial charge in [-0.25, -0.2) is 24.3 Å². The summed E-state index contributed by atoms with van der Waals surface area (Å²) in [5.41, 5.74) is 0.854. The van der Waals surface area contributed by atoms with Crippen LogP contribution in [0.4, 0.5) is 30.7 Å². The van der Waals surface area contributed by atoms with Gasteiger partial charge in [-0.2, -0.15) is 31.4 Å². The van der Waals surface area contributed by atoms with Crippen molar-refractivity contribution in [3.63, 3.8) is 0 Å². The molecule has 1 fully saturated rings. The molecule has 6 heterocycles. The van der Waals surface area contributed by atoms with E-state index in [1.54, 1.807) is 6.07 Å². The lowest BCUT2D eigenvalue weighted by Crippen LogP contribution is -2.34. The van der Waals surface area contributed by atoms with Crippen molar-refractivity contribution in [2.75, 3.05) is 13.2 Å². The molecule has 4 aromatic heterocycles. The van der Waals surface area contributed by atoms with Crippen LogP contribution >= 0.6 is 11.6 Å². The van der Waals surface area contributed by atoms with Crippen molar-refractivity contribution >= 4 is 22.8 Å². The van der Waals surface area contributed by atoms with Gasteiger partial charge in [0.25, 0.3) is 0 Å². The molecule has 5 aromatic rings. The van der Waals surface area contributed by atoms with Crippen LogP contribution in [0.1, 0.15) is 40.5 Å². The Kier molecular flexibility index (Phi) is 8.23. The van der Waals surface area contributed by atoms with E-state index in [1.807, 2.05) is 14.6 Å². The zero-order valence-electron chi connectivity index (χ0n) is 24.7. The van der Waals surface area contributed by atoms with Gasteiger partial charge in [0.2, 0.25) is 11.7 Å². The highest BCUT2D eigenvalue weighted by atomic mass is 35.5. The molecule has 0 unspecified atom stereocenters. The van der Waals surface area contributed by atoms with Crippen LogP contribution in [-0.2, 0) is 49.8 Å². The molecule has 1 atom stereocenters. The molecule has 0 saturated carbocycles. The third-order valence-corrected chi connectivity index (χ3v) is 8.37. The lowest BCUT2D eigenvalue weighted by molar-refractivity contribution is -0.144. The molecule has 1 aromatic carbocycles. The molecule has 7 rings (SSSR count). The summed E-state index contributed by atoms with van der Waals surface area (Å²) in [5, 5.41) is 5.70. The third-order valence-electron chi connectivity index (χ3n) is 8.13. The average molecular weight is 697 g/mol. The maximum absolute atomic E-state index is 14.3. The highest BCUT2D eigenvalue weighted by molar-refractivity contribution is 6.30. The Labute approximate surface area is 271 Å². The first kappa shape index (κ1) is 32.2. The summed E-state index contributed by atoms with van der Waals surface area (Å²) in [6.07, 6.45) is -7.09. The predicted molar refractivity (Wildman–Crippen MR) is 155 cm³/mol. The molecule has 0 bridgehead atoms. The Hall–Kier alpha value is -4.35. The maximum atomic E-state index is 14.3. The minimum absolute atomic E-state index is 0.0173. The number of ether oxygens (including phenoxy) is 2. The lowest BCUT2D eigenvalue weighted by Gasteiger charge is -2.30. The number of halogens is 8. The number of rotatable bonds is 8. The van der Waals surface area contributed by atoms with Crippen LogP contribution in [-0.4, -0.2) is 58.9 Å². The number of nitrogens with zero attached hydrogens (tertiary/aromatic N) is 7. The highest BCUT2D eigenvalue weighted by Crippen LogP contribution is 2.38. The van der Waals surface area contributed by atoms with Crippen LogP contribution in [0.5, 0.6) is 5.88 Å². The van der Waals surface area contributed by atoms with Gasteiger partial charge < -0.3 is 14.0 Å². The van der Waals surface area contributed by atoms with E-state index in [-0.39, 0.29) is 47.6 Å². The maximum Gasteiger partial charge on any atom is 0.451 e. The summed E-state index contributed by atoms with van der Waals surface area (Å²) >= 11 is 5.78. The Morgan fingerprint density at radius 3 is 2.54 bits per heavy atom. The van der Waals surface area contributed by atoms with Crippen molar-refractivity contribution in [1.29, 1.82) is 0 Å². The Morgan fingerprint density at radius 1 is 1.04 bits per heavy atom. The Balaban J connectivity index is 1.16. The number of fused-ring (bicyclic) bond motifs is 2. The molecule has 0 amide bonds.